The van der Waals surface area contributed by atoms with Crippen LogP contribution in [0.5, 0.6) is 0 Å². The van der Waals surface area contributed by atoms with Crippen LogP contribution in [0, 0.1) is 13.8 Å². The Morgan fingerprint density at radius 1 is 0.595 bits per heavy atom. The number of benzene rings is 4. The SMILES string of the molecule is Cc1cc2nc3c(nc2cc1C)C(c1c[nH]c2ccccc12)(c1c[nH]c2ccccc12)c1ccccc1-3. The third-order valence-corrected chi connectivity index (χ3v) is 8.21. The molecule has 0 bridgehead atoms. The first-order chi connectivity index (χ1) is 18.2. The molecule has 0 saturated carbocycles. The molecule has 0 fully saturated rings. The molecule has 3 aromatic heterocycles. The maximum absolute atomic E-state index is 5.46. The summed E-state index contributed by atoms with van der Waals surface area (Å²) < 4.78 is 0. The van der Waals surface area contributed by atoms with E-state index in [1.54, 1.807) is 0 Å². The molecule has 0 amide bonds. The van der Waals surface area contributed by atoms with Gasteiger partial charge in [0.25, 0.3) is 0 Å². The molecule has 2 N–H and O–H groups in total. The standard InChI is InChI=1S/C33H24N4/c1-19-15-29-30(16-20(19)2)37-32-31(36-29)23-11-3-6-12-24(23)33(32,25-17-34-27-13-7-4-9-21(25)27)26-18-35-28-14-8-5-10-22(26)28/h3-18,34-35H,1-2H3. The minimum atomic E-state index is -0.634. The molecule has 4 nitrogen and oxygen atoms in total. The van der Waals surface area contributed by atoms with Gasteiger partial charge in [-0.05, 0) is 65.9 Å². The van der Waals surface area contributed by atoms with Gasteiger partial charge < -0.3 is 9.97 Å². The highest BCUT2D eigenvalue weighted by Crippen LogP contribution is 2.57. The van der Waals surface area contributed by atoms with Crippen LogP contribution in [0.15, 0.2) is 97.3 Å². The molecule has 4 aromatic carbocycles. The van der Waals surface area contributed by atoms with Crippen molar-refractivity contribution < 1.29 is 0 Å². The Bertz CT molecular complexity index is 1950. The van der Waals surface area contributed by atoms with Gasteiger partial charge in [-0.1, -0.05) is 60.7 Å². The maximum Gasteiger partial charge on any atom is 0.0944 e. The second kappa shape index (κ2) is 7.17. The summed E-state index contributed by atoms with van der Waals surface area (Å²) in [6, 6.07) is 30.1. The molecule has 0 unspecified atom stereocenters. The molecular formula is C33H24N4. The molecule has 3 heterocycles. The third-order valence-electron chi connectivity index (χ3n) is 8.21. The summed E-state index contributed by atoms with van der Waals surface area (Å²) in [7, 11) is 0. The highest BCUT2D eigenvalue weighted by atomic mass is 14.9. The van der Waals surface area contributed by atoms with Gasteiger partial charge in [0.15, 0.2) is 0 Å². The Balaban J connectivity index is 1.61. The van der Waals surface area contributed by atoms with Crippen molar-refractivity contribution in [3.05, 3.63) is 131 Å². The van der Waals surface area contributed by atoms with Gasteiger partial charge in [-0.25, -0.2) is 9.97 Å². The summed E-state index contributed by atoms with van der Waals surface area (Å²) in [4.78, 5) is 17.9. The molecule has 1 aliphatic carbocycles. The molecule has 0 spiro atoms. The smallest absolute Gasteiger partial charge is 0.0944 e. The fraction of sp³-hybridized carbons (Fsp3) is 0.0909. The number of rotatable bonds is 2. The molecule has 4 heteroatoms. The second-order valence-corrected chi connectivity index (χ2v) is 10.1. The normalized spacial score (nSPS) is 13.9. The molecule has 1 aliphatic rings. The number of hydrogen-bond acceptors (Lipinski definition) is 2. The van der Waals surface area contributed by atoms with E-state index in [0.29, 0.717) is 0 Å². The summed E-state index contributed by atoms with van der Waals surface area (Å²) in [6.45, 7) is 4.28. The first-order valence-electron chi connectivity index (χ1n) is 12.7. The number of para-hydroxylation sites is 2. The number of aromatic nitrogens is 4. The van der Waals surface area contributed by atoms with Crippen LogP contribution in [0.25, 0.3) is 44.1 Å². The molecule has 0 radical (unpaired) electrons. The van der Waals surface area contributed by atoms with Crippen LogP contribution >= 0.6 is 0 Å². The number of aryl methyl sites for hydroxylation is 2. The van der Waals surface area contributed by atoms with Gasteiger partial charge >= 0.3 is 0 Å². The van der Waals surface area contributed by atoms with Crippen molar-refractivity contribution >= 4 is 32.8 Å². The monoisotopic (exact) mass is 476 g/mol. The van der Waals surface area contributed by atoms with Crippen molar-refractivity contribution in [3.63, 3.8) is 0 Å². The van der Waals surface area contributed by atoms with Crippen LogP contribution in [0.3, 0.4) is 0 Å². The van der Waals surface area contributed by atoms with Gasteiger partial charge in [0.2, 0.25) is 0 Å². The number of aromatic amines is 2. The largest absolute Gasteiger partial charge is 0.361 e. The Kier molecular flexibility index (Phi) is 3.97. The Morgan fingerprint density at radius 2 is 1.14 bits per heavy atom. The lowest BCUT2D eigenvalue weighted by molar-refractivity contribution is 0.753. The van der Waals surface area contributed by atoms with E-state index in [-0.39, 0.29) is 0 Å². The van der Waals surface area contributed by atoms with Crippen LogP contribution in [-0.4, -0.2) is 19.9 Å². The topological polar surface area (TPSA) is 57.4 Å². The molecule has 7 aromatic rings. The lowest BCUT2D eigenvalue weighted by atomic mass is 9.69. The first kappa shape index (κ1) is 20.5. The Hall–Kier alpha value is -4.70. The van der Waals surface area contributed by atoms with E-state index in [0.717, 1.165) is 39.0 Å². The predicted octanol–water partition coefficient (Wildman–Crippen LogP) is 7.57. The highest BCUT2D eigenvalue weighted by molar-refractivity contribution is 5.97. The van der Waals surface area contributed by atoms with Gasteiger partial charge in [-0.3, -0.25) is 0 Å². The fourth-order valence-corrected chi connectivity index (χ4v) is 6.36. The van der Waals surface area contributed by atoms with Crippen molar-refractivity contribution in [2.75, 3.05) is 0 Å². The molecule has 0 atom stereocenters. The fourth-order valence-electron chi connectivity index (χ4n) is 6.36. The molecule has 0 saturated heterocycles. The van der Waals surface area contributed by atoms with Crippen molar-refractivity contribution in [1.82, 2.24) is 19.9 Å². The minimum absolute atomic E-state index is 0.634. The van der Waals surface area contributed by atoms with Crippen LogP contribution in [0.4, 0.5) is 0 Å². The minimum Gasteiger partial charge on any atom is -0.361 e. The van der Waals surface area contributed by atoms with Crippen LogP contribution in [-0.2, 0) is 5.41 Å². The quantitative estimate of drug-likeness (QED) is 0.270. The second-order valence-electron chi connectivity index (χ2n) is 10.1. The molecule has 37 heavy (non-hydrogen) atoms. The predicted molar refractivity (Wildman–Crippen MR) is 150 cm³/mol. The van der Waals surface area contributed by atoms with Gasteiger partial charge in [-0.2, -0.15) is 0 Å². The van der Waals surface area contributed by atoms with Crippen molar-refractivity contribution in [3.8, 4) is 11.3 Å². The average Bonchev–Trinajstić information content (AvgIpc) is 3.62. The van der Waals surface area contributed by atoms with Crippen LogP contribution in [0.2, 0.25) is 0 Å². The van der Waals surface area contributed by atoms with Crippen LogP contribution < -0.4 is 0 Å². The van der Waals surface area contributed by atoms with Crippen molar-refractivity contribution in [2.24, 2.45) is 0 Å². The van der Waals surface area contributed by atoms with Gasteiger partial charge in [0.1, 0.15) is 0 Å². The number of H-pyrrole nitrogens is 2. The van der Waals surface area contributed by atoms with E-state index in [9.17, 15) is 0 Å². The molecular weight excluding hydrogens is 452 g/mol. The lowest BCUT2D eigenvalue weighted by Gasteiger charge is -2.31. The zero-order valence-electron chi connectivity index (χ0n) is 20.6. The molecule has 8 rings (SSSR count). The van der Waals surface area contributed by atoms with E-state index in [1.165, 1.54) is 38.6 Å². The van der Waals surface area contributed by atoms with E-state index in [2.05, 4.69) is 121 Å². The Labute approximate surface area is 214 Å². The summed E-state index contributed by atoms with van der Waals surface area (Å²) in [5.74, 6) is 0. The lowest BCUT2D eigenvalue weighted by Crippen LogP contribution is -2.29. The third kappa shape index (κ3) is 2.57. The summed E-state index contributed by atoms with van der Waals surface area (Å²) >= 11 is 0. The first-order valence-corrected chi connectivity index (χ1v) is 12.7. The number of nitrogens with zero attached hydrogens (tertiary/aromatic N) is 2. The van der Waals surface area contributed by atoms with E-state index < -0.39 is 5.41 Å². The zero-order chi connectivity index (χ0) is 24.7. The van der Waals surface area contributed by atoms with Crippen LogP contribution in [0.1, 0.15) is 33.5 Å². The number of hydrogen-bond donors (Lipinski definition) is 2. The van der Waals surface area contributed by atoms with E-state index >= 15 is 0 Å². The summed E-state index contributed by atoms with van der Waals surface area (Å²) in [5.41, 5.74) is 12.6. The number of nitrogens with one attached hydrogen (secondary N) is 2. The molecule has 0 aliphatic heterocycles. The number of fused-ring (bicyclic) bond motifs is 6. The summed E-state index contributed by atoms with van der Waals surface area (Å²) in [6.07, 6.45) is 4.34. The van der Waals surface area contributed by atoms with Gasteiger partial charge in [0.05, 0.1) is 27.8 Å². The van der Waals surface area contributed by atoms with Gasteiger partial charge in [-0.15, -0.1) is 0 Å². The zero-order valence-corrected chi connectivity index (χ0v) is 20.6. The van der Waals surface area contributed by atoms with Crippen molar-refractivity contribution in [1.29, 1.82) is 0 Å². The van der Waals surface area contributed by atoms with Crippen molar-refractivity contribution in [2.45, 2.75) is 19.3 Å². The molecule has 176 valence electrons. The van der Waals surface area contributed by atoms with E-state index in [4.69, 9.17) is 9.97 Å². The Morgan fingerprint density at radius 3 is 1.78 bits per heavy atom. The highest BCUT2D eigenvalue weighted by Gasteiger charge is 2.50. The van der Waals surface area contributed by atoms with Gasteiger partial charge in [0, 0.05) is 39.8 Å². The van der Waals surface area contributed by atoms with E-state index in [1.807, 2.05) is 0 Å². The average molecular weight is 477 g/mol. The maximum atomic E-state index is 5.46. The summed E-state index contributed by atoms with van der Waals surface area (Å²) in [5, 5.41) is 2.38.